The van der Waals surface area contributed by atoms with E-state index in [0.29, 0.717) is 6.54 Å². The van der Waals surface area contributed by atoms with E-state index in [9.17, 15) is 0 Å². The zero-order chi connectivity index (χ0) is 37.5. The quantitative estimate of drug-likeness (QED) is 0.189. The van der Waals surface area contributed by atoms with E-state index in [1.54, 1.807) is 0 Å². The van der Waals surface area contributed by atoms with Crippen molar-refractivity contribution < 1.29 is 0 Å². The second-order valence-electron chi connectivity index (χ2n) is 14.0. The largest absolute Gasteiger partial charge is 0.333 e. The van der Waals surface area contributed by atoms with Crippen molar-refractivity contribution in [1.82, 2.24) is 0 Å². The molecule has 54 heavy (non-hydrogen) atoms. The number of rotatable bonds is 2. The lowest BCUT2D eigenvalue weighted by Gasteiger charge is -2.40. The third-order valence-electron chi connectivity index (χ3n) is 10.6. The average Bonchev–Trinajstić information content (AvgIpc) is 3.50. The van der Waals surface area contributed by atoms with Gasteiger partial charge in [-0.3, -0.25) is 0 Å². The van der Waals surface area contributed by atoms with Crippen LogP contribution in [0.1, 0.15) is 50.1 Å². The summed E-state index contributed by atoms with van der Waals surface area (Å²) in [5.74, 6) is 0. The minimum absolute atomic E-state index is 0.256. The van der Waals surface area contributed by atoms with Gasteiger partial charge in [0.25, 0.3) is 0 Å². The van der Waals surface area contributed by atoms with Gasteiger partial charge in [0.15, 0.2) is 0 Å². The van der Waals surface area contributed by atoms with Gasteiger partial charge in [-0.1, -0.05) is 187 Å². The van der Waals surface area contributed by atoms with Crippen LogP contribution in [0.3, 0.4) is 0 Å². The molecule has 0 bridgehead atoms. The molecule has 2 heteroatoms. The van der Waals surface area contributed by atoms with Crippen molar-refractivity contribution in [3.8, 4) is 22.3 Å². The Balaban J connectivity index is 0.000000161. The van der Waals surface area contributed by atoms with Crippen LogP contribution in [0.25, 0.3) is 33.0 Å². The molecule has 0 unspecified atom stereocenters. The van der Waals surface area contributed by atoms with Crippen LogP contribution in [0.15, 0.2) is 188 Å². The van der Waals surface area contributed by atoms with Crippen molar-refractivity contribution in [1.29, 1.82) is 0 Å². The van der Waals surface area contributed by atoms with Crippen LogP contribution in [0.5, 0.6) is 0 Å². The van der Waals surface area contributed by atoms with E-state index in [1.165, 1.54) is 90.1 Å². The number of aryl methyl sites for hydroxylation is 2. The van der Waals surface area contributed by atoms with E-state index in [4.69, 9.17) is 5.73 Å². The SMILES string of the molecule is CN.Cc1ccc2c(c1)-c1cc3ccccc3cc1C21c2ccccc2Cc2ccccc21.Cc1ccccc1.NCc1ccc(-c2ccccc2)cc1. The van der Waals surface area contributed by atoms with E-state index in [0.717, 1.165) is 6.42 Å². The maximum absolute atomic E-state index is 5.54. The maximum atomic E-state index is 5.54. The molecule has 0 fully saturated rings. The zero-order valence-corrected chi connectivity index (χ0v) is 31.5. The first-order chi connectivity index (χ1) is 26.6. The van der Waals surface area contributed by atoms with Gasteiger partial charge < -0.3 is 11.5 Å². The fourth-order valence-corrected chi connectivity index (χ4v) is 8.14. The molecule has 0 saturated carbocycles. The van der Waals surface area contributed by atoms with Crippen molar-refractivity contribution in [2.75, 3.05) is 7.05 Å². The second kappa shape index (κ2) is 16.3. The number of hydrogen-bond donors (Lipinski definition) is 2. The van der Waals surface area contributed by atoms with Gasteiger partial charge >= 0.3 is 0 Å². The molecule has 2 nitrogen and oxygen atoms in total. The monoisotopic (exact) mass is 700 g/mol. The first-order valence-electron chi connectivity index (χ1n) is 18.8. The van der Waals surface area contributed by atoms with E-state index in [-0.39, 0.29) is 5.41 Å². The lowest BCUT2D eigenvalue weighted by molar-refractivity contribution is 0.722. The minimum Gasteiger partial charge on any atom is -0.333 e. The van der Waals surface area contributed by atoms with Crippen LogP contribution in [-0.2, 0) is 18.4 Å². The van der Waals surface area contributed by atoms with Gasteiger partial charge in [-0.05, 0) is 111 Å². The van der Waals surface area contributed by atoms with Gasteiger partial charge in [0, 0.05) is 6.54 Å². The number of fused-ring (bicyclic) bond motifs is 10. The highest BCUT2D eigenvalue weighted by Crippen LogP contribution is 2.59. The Morgan fingerprint density at radius 2 is 0.926 bits per heavy atom. The Labute approximate surface area is 320 Å². The molecule has 2 aliphatic carbocycles. The van der Waals surface area contributed by atoms with Gasteiger partial charge in [0.05, 0.1) is 5.41 Å². The van der Waals surface area contributed by atoms with Crippen LogP contribution in [0.2, 0.25) is 0 Å². The summed E-state index contributed by atoms with van der Waals surface area (Å²) in [5.41, 5.74) is 27.4. The molecule has 1 spiro atoms. The van der Waals surface area contributed by atoms with E-state index < -0.39 is 0 Å². The Morgan fingerprint density at radius 1 is 0.426 bits per heavy atom. The average molecular weight is 701 g/mol. The molecule has 0 saturated heterocycles. The first-order valence-corrected chi connectivity index (χ1v) is 18.8. The normalized spacial score (nSPS) is 12.3. The minimum atomic E-state index is -0.256. The molecule has 8 aromatic carbocycles. The van der Waals surface area contributed by atoms with Crippen LogP contribution >= 0.6 is 0 Å². The molecule has 8 aromatic rings. The highest BCUT2D eigenvalue weighted by Gasteiger charge is 2.49. The Bertz CT molecular complexity index is 2440. The van der Waals surface area contributed by atoms with Gasteiger partial charge in [-0.25, -0.2) is 0 Å². The van der Waals surface area contributed by atoms with Crippen LogP contribution < -0.4 is 11.5 Å². The van der Waals surface area contributed by atoms with Crippen LogP contribution in [-0.4, -0.2) is 7.05 Å². The van der Waals surface area contributed by atoms with Crippen molar-refractivity contribution in [2.24, 2.45) is 11.5 Å². The highest BCUT2D eigenvalue weighted by molar-refractivity contribution is 5.96. The van der Waals surface area contributed by atoms with E-state index in [1.807, 2.05) is 36.4 Å². The Morgan fingerprint density at radius 3 is 1.50 bits per heavy atom. The Kier molecular flexibility index (Phi) is 11.0. The third-order valence-corrected chi connectivity index (χ3v) is 10.6. The van der Waals surface area contributed by atoms with Crippen molar-refractivity contribution in [2.45, 2.75) is 32.2 Å². The van der Waals surface area contributed by atoms with Gasteiger partial charge in [0.2, 0.25) is 0 Å². The summed E-state index contributed by atoms with van der Waals surface area (Å²) in [5, 5.41) is 2.62. The standard InChI is InChI=1S/C31H22.C13H13N.C7H8.CH5N/c1-20-14-15-29-25(16-20)26-18-21-8-2-3-9-22(21)19-30(26)31(29)27-12-6-4-10-23(27)17-24-11-5-7-13-28(24)31;14-10-11-6-8-13(9-7-11)12-4-2-1-3-5-12;1-7-5-3-2-4-6-7;1-2/h2-16,18-19H,17H2,1H3;1-9H,10,14H2;2-6H,1H3;2H2,1H3. The van der Waals surface area contributed by atoms with Gasteiger partial charge in [-0.2, -0.15) is 0 Å². The fourth-order valence-electron chi connectivity index (χ4n) is 8.14. The highest BCUT2D eigenvalue weighted by atomic mass is 14.5. The molecule has 266 valence electrons. The molecule has 0 radical (unpaired) electrons. The topological polar surface area (TPSA) is 52.0 Å². The lowest BCUT2D eigenvalue weighted by atomic mass is 9.61. The molecule has 0 atom stereocenters. The molecule has 0 aromatic heterocycles. The maximum Gasteiger partial charge on any atom is 0.0719 e. The second-order valence-corrected chi connectivity index (χ2v) is 14.0. The van der Waals surface area contributed by atoms with E-state index >= 15 is 0 Å². The molecule has 4 N–H and O–H groups in total. The number of benzene rings is 8. The summed E-state index contributed by atoms with van der Waals surface area (Å²) in [4.78, 5) is 0. The predicted octanol–water partition coefficient (Wildman–Crippen LogP) is 11.8. The molecule has 0 heterocycles. The molecule has 0 amide bonds. The summed E-state index contributed by atoms with van der Waals surface area (Å²) in [6.07, 6.45) is 0.998. The van der Waals surface area contributed by atoms with Crippen molar-refractivity contribution in [3.05, 3.63) is 238 Å². The van der Waals surface area contributed by atoms with Gasteiger partial charge in [-0.15, -0.1) is 0 Å². The zero-order valence-electron chi connectivity index (χ0n) is 31.5. The van der Waals surface area contributed by atoms with Crippen LogP contribution in [0, 0.1) is 13.8 Å². The van der Waals surface area contributed by atoms with Gasteiger partial charge in [0.1, 0.15) is 0 Å². The first kappa shape index (κ1) is 36.3. The molecule has 10 rings (SSSR count). The molecule has 2 aliphatic rings. The molecular formula is C52H48N2. The van der Waals surface area contributed by atoms with E-state index in [2.05, 4.69) is 171 Å². The molecule has 0 aliphatic heterocycles. The van der Waals surface area contributed by atoms with Crippen molar-refractivity contribution in [3.63, 3.8) is 0 Å². The van der Waals surface area contributed by atoms with Crippen molar-refractivity contribution >= 4 is 10.8 Å². The number of hydrogen-bond acceptors (Lipinski definition) is 2. The smallest absolute Gasteiger partial charge is 0.0719 e. The summed E-state index contributed by atoms with van der Waals surface area (Å²) >= 11 is 0. The summed E-state index contributed by atoms with van der Waals surface area (Å²) in [7, 11) is 1.50. The Hall–Kier alpha value is -6.06. The molecular weight excluding hydrogens is 653 g/mol. The summed E-state index contributed by atoms with van der Waals surface area (Å²) in [6, 6.07) is 67.8. The van der Waals surface area contributed by atoms with Crippen LogP contribution in [0.4, 0.5) is 0 Å². The summed E-state index contributed by atoms with van der Waals surface area (Å²) in [6.45, 7) is 4.89. The third kappa shape index (κ3) is 6.90. The fraction of sp³-hybridized carbons (Fsp3) is 0.115. The summed E-state index contributed by atoms with van der Waals surface area (Å²) < 4.78 is 0. The number of nitrogens with two attached hydrogens (primary N) is 2. The lowest BCUT2D eigenvalue weighted by Crippen LogP contribution is -2.34. The predicted molar refractivity (Wildman–Crippen MR) is 230 cm³/mol.